The number of nitrogens with zero attached hydrogens (tertiary/aromatic N) is 2. The molecular weight excluding hydrogens is 409 g/mol. The van der Waals surface area contributed by atoms with Crippen molar-refractivity contribution in [3.8, 4) is 0 Å². The quantitative estimate of drug-likeness (QED) is 0.722. The summed E-state index contributed by atoms with van der Waals surface area (Å²) in [5.74, 6) is 0.108. The van der Waals surface area contributed by atoms with Gasteiger partial charge in [0.25, 0.3) is 0 Å². The average molecular weight is 434 g/mol. The Kier molecular flexibility index (Phi) is 7.40. The Balaban J connectivity index is 1.57. The Bertz CT molecular complexity index is 863. The maximum atomic E-state index is 12.3. The molecule has 29 heavy (non-hydrogen) atoms. The molecule has 2 amide bonds. The van der Waals surface area contributed by atoms with Crippen LogP contribution >= 0.6 is 23.2 Å². The highest BCUT2D eigenvalue weighted by atomic mass is 35.5. The zero-order chi connectivity index (χ0) is 20.8. The van der Waals surface area contributed by atoms with Gasteiger partial charge in [-0.15, -0.1) is 0 Å². The number of hydrogen-bond acceptors (Lipinski definition) is 3. The van der Waals surface area contributed by atoms with Gasteiger partial charge in [0.2, 0.25) is 11.8 Å². The van der Waals surface area contributed by atoms with Gasteiger partial charge in [0.15, 0.2) is 0 Å². The van der Waals surface area contributed by atoms with Crippen molar-refractivity contribution in [3.63, 3.8) is 0 Å². The minimum atomic E-state index is -0.112. The maximum Gasteiger partial charge on any atom is 0.228 e. The van der Waals surface area contributed by atoms with Crippen LogP contribution in [0.25, 0.3) is 0 Å². The summed E-state index contributed by atoms with van der Waals surface area (Å²) in [6.45, 7) is 4.92. The standard InChI is InChI=1S/C22H25Cl2N3O2/c1-2-3-22(29)27-12-10-26(11-13-27)20-9-8-18(15-19(20)24)25-21(28)14-16-4-6-17(23)7-5-16/h4-9,15H,2-3,10-14H2,1H3,(H,25,28). The zero-order valence-corrected chi connectivity index (χ0v) is 18.0. The normalized spacial score (nSPS) is 14.0. The number of amides is 2. The lowest BCUT2D eigenvalue weighted by atomic mass is 10.1. The number of halogens is 2. The fourth-order valence-corrected chi connectivity index (χ4v) is 3.83. The van der Waals surface area contributed by atoms with Crippen LogP contribution in [0.4, 0.5) is 11.4 Å². The number of piperazine rings is 1. The van der Waals surface area contributed by atoms with E-state index in [2.05, 4.69) is 10.2 Å². The fourth-order valence-electron chi connectivity index (χ4n) is 3.40. The van der Waals surface area contributed by atoms with E-state index >= 15 is 0 Å². The molecule has 1 saturated heterocycles. The topological polar surface area (TPSA) is 52.7 Å². The summed E-state index contributed by atoms with van der Waals surface area (Å²) in [7, 11) is 0. The first kappa shape index (κ1) is 21.5. The van der Waals surface area contributed by atoms with Crippen LogP contribution in [-0.2, 0) is 16.0 Å². The largest absolute Gasteiger partial charge is 0.367 e. The summed E-state index contributed by atoms with van der Waals surface area (Å²) in [6.07, 6.45) is 1.74. The van der Waals surface area contributed by atoms with Crippen LogP contribution in [0.2, 0.25) is 10.0 Å². The predicted molar refractivity (Wildman–Crippen MR) is 119 cm³/mol. The van der Waals surface area contributed by atoms with Crippen molar-refractivity contribution in [1.82, 2.24) is 4.90 Å². The van der Waals surface area contributed by atoms with Crippen LogP contribution in [-0.4, -0.2) is 42.9 Å². The average Bonchev–Trinajstić information content (AvgIpc) is 2.70. The van der Waals surface area contributed by atoms with Gasteiger partial charge in [-0.3, -0.25) is 9.59 Å². The van der Waals surface area contributed by atoms with Crippen LogP contribution in [0.3, 0.4) is 0 Å². The molecule has 0 atom stereocenters. The summed E-state index contributed by atoms with van der Waals surface area (Å²) < 4.78 is 0. The molecule has 3 rings (SSSR count). The van der Waals surface area contributed by atoms with E-state index in [4.69, 9.17) is 23.2 Å². The van der Waals surface area contributed by atoms with Gasteiger partial charge in [-0.1, -0.05) is 42.3 Å². The summed E-state index contributed by atoms with van der Waals surface area (Å²) in [5, 5.41) is 4.12. The lowest BCUT2D eigenvalue weighted by Gasteiger charge is -2.36. The molecule has 1 N–H and O–H groups in total. The number of carbonyl (C=O) groups excluding carboxylic acids is 2. The van der Waals surface area contributed by atoms with E-state index in [0.717, 1.165) is 30.8 Å². The molecule has 5 nitrogen and oxygen atoms in total. The molecule has 0 radical (unpaired) electrons. The predicted octanol–water partition coefficient (Wildman–Crippen LogP) is 4.62. The van der Waals surface area contributed by atoms with Gasteiger partial charge in [0.1, 0.15) is 0 Å². The Hall–Kier alpha value is -2.24. The van der Waals surface area contributed by atoms with Crippen molar-refractivity contribution >= 4 is 46.4 Å². The molecule has 2 aromatic carbocycles. The number of nitrogens with one attached hydrogen (secondary N) is 1. The van der Waals surface area contributed by atoms with Crippen molar-refractivity contribution in [2.24, 2.45) is 0 Å². The molecule has 0 bridgehead atoms. The van der Waals surface area contributed by atoms with Gasteiger partial charge in [-0.2, -0.15) is 0 Å². The van der Waals surface area contributed by atoms with Gasteiger partial charge in [-0.05, 0) is 42.3 Å². The molecule has 1 heterocycles. The van der Waals surface area contributed by atoms with E-state index in [-0.39, 0.29) is 18.2 Å². The molecular formula is C22H25Cl2N3O2. The highest BCUT2D eigenvalue weighted by Gasteiger charge is 2.22. The second-order valence-corrected chi connectivity index (χ2v) is 7.98. The van der Waals surface area contributed by atoms with E-state index in [1.807, 2.05) is 36.1 Å². The lowest BCUT2D eigenvalue weighted by Crippen LogP contribution is -2.48. The second kappa shape index (κ2) is 9.99. The van der Waals surface area contributed by atoms with Gasteiger partial charge in [0, 0.05) is 43.3 Å². The molecule has 1 fully saturated rings. The lowest BCUT2D eigenvalue weighted by molar-refractivity contribution is -0.131. The summed E-state index contributed by atoms with van der Waals surface area (Å²) in [6, 6.07) is 12.8. The first-order chi connectivity index (χ1) is 14.0. The second-order valence-electron chi connectivity index (χ2n) is 7.14. The summed E-state index contributed by atoms with van der Waals surface area (Å²) in [4.78, 5) is 28.4. The molecule has 0 aliphatic carbocycles. The maximum absolute atomic E-state index is 12.3. The molecule has 154 valence electrons. The molecule has 2 aromatic rings. The fraction of sp³-hybridized carbons (Fsp3) is 0.364. The number of hydrogen-bond donors (Lipinski definition) is 1. The Labute approximate surface area is 181 Å². The molecule has 1 aliphatic rings. The van der Waals surface area contributed by atoms with Gasteiger partial charge >= 0.3 is 0 Å². The molecule has 0 aromatic heterocycles. The van der Waals surface area contributed by atoms with Crippen molar-refractivity contribution < 1.29 is 9.59 Å². The third kappa shape index (κ3) is 5.87. The van der Waals surface area contributed by atoms with E-state index in [1.54, 1.807) is 18.2 Å². The zero-order valence-electron chi connectivity index (χ0n) is 16.5. The SMILES string of the molecule is CCCC(=O)N1CCN(c2ccc(NC(=O)Cc3ccc(Cl)cc3)cc2Cl)CC1. The van der Waals surface area contributed by atoms with Crippen LogP contribution in [0.15, 0.2) is 42.5 Å². The molecule has 7 heteroatoms. The van der Waals surface area contributed by atoms with Crippen molar-refractivity contribution in [2.45, 2.75) is 26.2 Å². The van der Waals surface area contributed by atoms with E-state index in [9.17, 15) is 9.59 Å². The molecule has 0 spiro atoms. The third-order valence-electron chi connectivity index (χ3n) is 4.95. The van der Waals surface area contributed by atoms with Gasteiger partial charge in [0.05, 0.1) is 17.1 Å². The minimum Gasteiger partial charge on any atom is -0.367 e. The van der Waals surface area contributed by atoms with E-state index < -0.39 is 0 Å². The highest BCUT2D eigenvalue weighted by molar-refractivity contribution is 6.33. The summed E-state index contributed by atoms with van der Waals surface area (Å²) >= 11 is 12.4. The van der Waals surface area contributed by atoms with Crippen LogP contribution in [0.5, 0.6) is 0 Å². The van der Waals surface area contributed by atoms with Crippen molar-refractivity contribution in [2.75, 3.05) is 36.4 Å². The monoisotopic (exact) mass is 433 g/mol. The van der Waals surface area contributed by atoms with Crippen molar-refractivity contribution in [1.29, 1.82) is 0 Å². The smallest absolute Gasteiger partial charge is 0.228 e. The number of carbonyl (C=O) groups is 2. The van der Waals surface area contributed by atoms with Crippen molar-refractivity contribution in [3.05, 3.63) is 58.1 Å². The first-order valence-corrected chi connectivity index (χ1v) is 10.6. The molecule has 0 saturated carbocycles. The Morgan fingerprint density at radius 1 is 1.00 bits per heavy atom. The Morgan fingerprint density at radius 3 is 2.31 bits per heavy atom. The first-order valence-electron chi connectivity index (χ1n) is 9.83. The van der Waals surface area contributed by atoms with E-state index in [0.29, 0.717) is 35.2 Å². The number of anilines is 2. The van der Waals surface area contributed by atoms with E-state index in [1.165, 1.54) is 0 Å². The molecule has 0 unspecified atom stereocenters. The third-order valence-corrected chi connectivity index (χ3v) is 5.50. The van der Waals surface area contributed by atoms with Crippen LogP contribution in [0, 0.1) is 0 Å². The molecule has 1 aliphatic heterocycles. The summed E-state index contributed by atoms with van der Waals surface area (Å²) in [5.41, 5.74) is 2.48. The number of rotatable bonds is 6. The Morgan fingerprint density at radius 2 is 1.69 bits per heavy atom. The van der Waals surface area contributed by atoms with Crippen LogP contribution in [0.1, 0.15) is 25.3 Å². The highest BCUT2D eigenvalue weighted by Crippen LogP contribution is 2.30. The van der Waals surface area contributed by atoms with Gasteiger partial charge < -0.3 is 15.1 Å². The van der Waals surface area contributed by atoms with Crippen LogP contribution < -0.4 is 10.2 Å². The minimum absolute atomic E-state index is 0.112. The number of benzene rings is 2. The van der Waals surface area contributed by atoms with Gasteiger partial charge in [-0.25, -0.2) is 0 Å².